The predicted molar refractivity (Wildman–Crippen MR) is 106 cm³/mol. The molecule has 138 valence electrons. The first-order valence-electron chi connectivity index (χ1n) is 7.65. The number of carbonyl (C=O) groups is 1. The van der Waals surface area contributed by atoms with Crippen LogP contribution in [0.3, 0.4) is 0 Å². The third kappa shape index (κ3) is 4.77. The lowest BCUT2D eigenvalue weighted by atomic mass is 10.2. The van der Waals surface area contributed by atoms with Crippen LogP contribution in [0.1, 0.15) is 10.4 Å². The van der Waals surface area contributed by atoms with Crippen LogP contribution in [0.5, 0.6) is 0 Å². The van der Waals surface area contributed by atoms with Crippen molar-refractivity contribution in [2.75, 3.05) is 10.0 Å². The molecule has 0 saturated heterocycles. The molecule has 1 heterocycles. The Morgan fingerprint density at radius 1 is 0.926 bits per heavy atom. The van der Waals surface area contributed by atoms with E-state index in [0.29, 0.717) is 16.3 Å². The van der Waals surface area contributed by atoms with Crippen LogP contribution in [0.15, 0.2) is 71.8 Å². The maximum absolute atomic E-state index is 12.4. The molecule has 0 aliphatic rings. The van der Waals surface area contributed by atoms with E-state index in [-0.39, 0.29) is 15.7 Å². The van der Waals surface area contributed by atoms with E-state index in [1.54, 1.807) is 24.3 Å². The number of pyridine rings is 1. The van der Waals surface area contributed by atoms with Crippen LogP contribution in [0.25, 0.3) is 0 Å². The third-order valence-corrected chi connectivity index (χ3v) is 5.62. The maximum atomic E-state index is 12.4. The monoisotopic (exact) mass is 421 g/mol. The molecule has 3 aromatic rings. The van der Waals surface area contributed by atoms with Gasteiger partial charge < -0.3 is 5.32 Å². The molecule has 0 saturated carbocycles. The molecule has 9 heteroatoms. The van der Waals surface area contributed by atoms with Crippen LogP contribution < -0.4 is 10.0 Å². The number of nitrogens with one attached hydrogen (secondary N) is 2. The number of aromatic nitrogens is 1. The van der Waals surface area contributed by atoms with E-state index in [2.05, 4.69) is 15.0 Å². The molecule has 0 aliphatic carbocycles. The molecule has 2 aromatic carbocycles. The van der Waals surface area contributed by atoms with E-state index < -0.39 is 15.9 Å². The number of hydrogen-bond donors (Lipinski definition) is 2. The fraction of sp³-hybridized carbons (Fsp3) is 0. The third-order valence-electron chi connectivity index (χ3n) is 3.51. The highest BCUT2D eigenvalue weighted by molar-refractivity contribution is 7.92. The number of rotatable bonds is 5. The van der Waals surface area contributed by atoms with E-state index in [1.807, 2.05) is 0 Å². The van der Waals surface area contributed by atoms with Crippen LogP contribution in [0.4, 0.5) is 11.5 Å². The number of carbonyl (C=O) groups excluding carboxylic acids is 1. The summed E-state index contributed by atoms with van der Waals surface area (Å²) in [5.41, 5.74) is 0.765. The molecule has 0 spiro atoms. The van der Waals surface area contributed by atoms with Gasteiger partial charge in [0.05, 0.1) is 14.9 Å². The Hall–Kier alpha value is -2.61. The highest BCUT2D eigenvalue weighted by atomic mass is 35.5. The smallest absolute Gasteiger partial charge is 0.263 e. The summed E-state index contributed by atoms with van der Waals surface area (Å²) in [6.45, 7) is 0. The van der Waals surface area contributed by atoms with Gasteiger partial charge in [-0.15, -0.1) is 0 Å². The zero-order valence-corrected chi connectivity index (χ0v) is 16.0. The minimum atomic E-state index is -3.78. The average Bonchev–Trinajstić information content (AvgIpc) is 2.65. The number of benzene rings is 2. The molecule has 27 heavy (non-hydrogen) atoms. The molecule has 1 amide bonds. The minimum Gasteiger partial charge on any atom is -0.322 e. The second kappa shape index (κ2) is 7.96. The number of halogens is 2. The summed E-state index contributed by atoms with van der Waals surface area (Å²) in [6.07, 6.45) is 1.49. The summed E-state index contributed by atoms with van der Waals surface area (Å²) in [5, 5.41) is 3.28. The first kappa shape index (κ1) is 19.2. The fourth-order valence-corrected chi connectivity index (χ4v) is 3.48. The molecule has 0 unspecified atom stereocenters. The molecule has 0 bridgehead atoms. The van der Waals surface area contributed by atoms with Crippen molar-refractivity contribution in [3.8, 4) is 0 Å². The summed E-state index contributed by atoms with van der Waals surface area (Å²) >= 11 is 11.7. The van der Waals surface area contributed by atoms with E-state index >= 15 is 0 Å². The van der Waals surface area contributed by atoms with E-state index in [4.69, 9.17) is 23.2 Å². The van der Waals surface area contributed by atoms with Gasteiger partial charge in [-0.3, -0.25) is 9.52 Å². The summed E-state index contributed by atoms with van der Waals surface area (Å²) in [7, 11) is -3.78. The molecule has 0 atom stereocenters. The van der Waals surface area contributed by atoms with Crippen LogP contribution in [-0.2, 0) is 10.0 Å². The Balaban J connectivity index is 1.73. The van der Waals surface area contributed by atoms with Crippen molar-refractivity contribution in [2.24, 2.45) is 0 Å². The molecular weight excluding hydrogens is 409 g/mol. The highest BCUT2D eigenvalue weighted by Crippen LogP contribution is 2.23. The maximum Gasteiger partial charge on any atom is 0.263 e. The first-order chi connectivity index (χ1) is 12.8. The van der Waals surface area contributed by atoms with Crippen molar-refractivity contribution in [1.82, 2.24) is 4.98 Å². The summed E-state index contributed by atoms with van der Waals surface area (Å²) in [6, 6.07) is 15.2. The molecule has 0 aliphatic heterocycles. The number of anilines is 2. The Morgan fingerprint density at radius 3 is 2.30 bits per heavy atom. The Kier molecular flexibility index (Phi) is 5.65. The van der Waals surface area contributed by atoms with Crippen LogP contribution >= 0.6 is 23.2 Å². The Labute approximate surface area is 166 Å². The Morgan fingerprint density at radius 2 is 1.67 bits per heavy atom. The zero-order valence-electron chi connectivity index (χ0n) is 13.7. The largest absolute Gasteiger partial charge is 0.322 e. The van der Waals surface area contributed by atoms with Crippen molar-refractivity contribution in [3.63, 3.8) is 0 Å². The van der Waals surface area contributed by atoms with Crippen molar-refractivity contribution in [3.05, 3.63) is 82.5 Å². The van der Waals surface area contributed by atoms with Crippen LogP contribution in [-0.4, -0.2) is 19.3 Å². The summed E-state index contributed by atoms with van der Waals surface area (Å²) in [5.74, 6) is -0.176. The van der Waals surface area contributed by atoms with Crippen LogP contribution in [0, 0.1) is 0 Å². The van der Waals surface area contributed by atoms with Gasteiger partial charge in [0.25, 0.3) is 15.9 Å². The highest BCUT2D eigenvalue weighted by Gasteiger charge is 2.15. The van der Waals surface area contributed by atoms with Gasteiger partial charge >= 0.3 is 0 Å². The quantitative estimate of drug-likeness (QED) is 0.636. The number of sulfonamides is 1. The molecule has 0 fully saturated rings. The molecule has 1 aromatic heterocycles. The molecular formula is C18H13Cl2N3O3S. The summed E-state index contributed by atoms with van der Waals surface area (Å²) in [4.78, 5) is 16.2. The van der Waals surface area contributed by atoms with Gasteiger partial charge in [-0.25, -0.2) is 13.4 Å². The van der Waals surface area contributed by atoms with E-state index in [0.717, 1.165) is 0 Å². The second-order valence-corrected chi connectivity index (χ2v) is 7.92. The lowest BCUT2D eigenvalue weighted by molar-refractivity contribution is 0.102. The number of amides is 1. The summed E-state index contributed by atoms with van der Waals surface area (Å²) < 4.78 is 27.1. The lowest BCUT2D eigenvalue weighted by Gasteiger charge is -2.09. The standard InChI is InChI=1S/C18H13Cl2N3O3S/c19-15-9-4-12(11-16(15)20)18(24)22-13-5-7-14(8-6-13)27(25,26)23-17-3-1-2-10-21-17/h1-11H,(H,21,23)(H,22,24). The molecule has 6 nitrogen and oxygen atoms in total. The molecule has 2 N–H and O–H groups in total. The molecule has 0 radical (unpaired) electrons. The van der Waals surface area contributed by atoms with Crippen molar-refractivity contribution < 1.29 is 13.2 Å². The topological polar surface area (TPSA) is 88.2 Å². The van der Waals surface area contributed by atoms with Crippen LogP contribution in [0.2, 0.25) is 10.0 Å². The van der Waals surface area contributed by atoms with Gasteiger partial charge in [-0.05, 0) is 54.6 Å². The molecule has 3 rings (SSSR count). The first-order valence-corrected chi connectivity index (χ1v) is 9.89. The fourth-order valence-electron chi connectivity index (χ4n) is 2.18. The van der Waals surface area contributed by atoms with Gasteiger partial charge in [-0.2, -0.15) is 0 Å². The van der Waals surface area contributed by atoms with E-state index in [1.165, 1.54) is 42.6 Å². The number of nitrogens with zero attached hydrogens (tertiary/aromatic N) is 1. The minimum absolute atomic E-state index is 0.0423. The number of hydrogen-bond acceptors (Lipinski definition) is 4. The van der Waals surface area contributed by atoms with Gasteiger partial charge in [0.2, 0.25) is 0 Å². The van der Waals surface area contributed by atoms with Crippen molar-refractivity contribution in [1.29, 1.82) is 0 Å². The van der Waals surface area contributed by atoms with Gasteiger partial charge in [0.1, 0.15) is 5.82 Å². The predicted octanol–water partition coefficient (Wildman–Crippen LogP) is 4.44. The average molecular weight is 422 g/mol. The van der Waals surface area contributed by atoms with Gasteiger partial charge in [-0.1, -0.05) is 29.3 Å². The lowest BCUT2D eigenvalue weighted by Crippen LogP contribution is -2.14. The SMILES string of the molecule is O=C(Nc1ccc(S(=O)(=O)Nc2ccccn2)cc1)c1ccc(Cl)c(Cl)c1. The van der Waals surface area contributed by atoms with E-state index in [9.17, 15) is 13.2 Å². The van der Waals surface area contributed by atoms with Gasteiger partial charge in [0, 0.05) is 17.4 Å². The van der Waals surface area contributed by atoms with Crippen molar-refractivity contribution >= 4 is 50.6 Å². The van der Waals surface area contributed by atoms with Crippen molar-refractivity contribution in [2.45, 2.75) is 4.90 Å². The Bertz CT molecular complexity index is 1070. The second-order valence-electron chi connectivity index (χ2n) is 5.43. The van der Waals surface area contributed by atoms with Gasteiger partial charge in [0.15, 0.2) is 0 Å². The normalized spacial score (nSPS) is 11.0. The zero-order chi connectivity index (χ0) is 19.4.